The topological polar surface area (TPSA) is 81.9 Å². The maximum absolute atomic E-state index is 14.8. The quantitative estimate of drug-likeness (QED) is 0.260. The van der Waals surface area contributed by atoms with Crippen molar-refractivity contribution in [3.63, 3.8) is 0 Å². The Labute approximate surface area is 214 Å². The van der Waals surface area contributed by atoms with Crippen LogP contribution < -0.4 is 4.90 Å². The van der Waals surface area contributed by atoms with Crippen LogP contribution in [-0.4, -0.2) is 30.9 Å². The molecule has 0 saturated carbocycles. The van der Waals surface area contributed by atoms with Crippen molar-refractivity contribution in [2.75, 3.05) is 18.6 Å². The summed E-state index contributed by atoms with van der Waals surface area (Å²) in [6.45, 7) is 3.49. The molecule has 0 unspecified atom stereocenters. The maximum atomic E-state index is 14.8. The molecule has 0 aliphatic rings. The van der Waals surface area contributed by atoms with E-state index in [4.69, 9.17) is 14.0 Å². The molecule has 190 valence electrons. The molecular formula is C29H27FN2O5. The lowest BCUT2D eigenvalue weighted by Crippen LogP contribution is -2.28. The molecule has 1 amide bonds. The van der Waals surface area contributed by atoms with Gasteiger partial charge in [-0.05, 0) is 49.1 Å². The summed E-state index contributed by atoms with van der Waals surface area (Å²) in [6, 6.07) is 21.4. The van der Waals surface area contributed by atoms with Gasteiger partial charge >= 0.3 is 12.1 Å². The Kier molecular flexibility index (Phi) is 7.98. The fourth-order valence-electron chi connectivity index (χ4n) is 4.05. The van der Waals surface area contributed by atoms with Crippen molar-refractivity contribution < 1.29 is 28.0 Å². The van der Waals surface area contributed by atoms with Gasteiger partial charge in [0.25, 0.3) is 0 Å². The highest BCUT2D eigenvalue weighted by atomic mass is 19.1. The van der Waals surface area contributed by atoms with Gasteiger partial charge in [-0.1, -0.05) is 65.8 Å². The molecular weight excluding hydrogens is 475 g/mol. The van der Waals surface area contributed by atoms with Gasteiger partial charge in [-0.3, -0.25) is 4.79 Å². The molecule has 0 atom stereocenters. The average Bonchev–Trinajstić information content (AvgIpc) is 3.27. The third kappa shape index (κ3) is 5.86. The Hall–Kier alpha value is -4.46. The van der Waals surface area contributed by atoms with E-state index in [-0.39, 0.29) is 24.7 Å². The summed E-state index contributed by atoms with van der Waals surface area (Å²) in [6.07, 6.45) is 0.140. The molecule has 8 heteroatoms. The zero-order valence-electron chi connectivity index (χ0n) is 20.9. The van der Waals surface area contributed by atoms with Crippen LogP contribution in [0.4, 0.5) is 20.6 Å². The highest BCUT2D eigenvalue weighted by Gasteiger charge is 2.30. The minimum Gasteiger partial charge on any atom is -0.469 e. The minimum atomic E-state index is -0.733. The van der Waals surface area contributed by atoms with E-state index < -0.39 is 11.9 Å². The second-order valence-corrected chi connectivity index (χ2v) is 8.38. The van der Waals surface area contributed by atoms with Gasteiger partial charge < -0.3 is 14.0 Å². The first kappa shape index (κ1) is 25.6. The summed E-state index contributed by atoms with van der Waals surface area (Å²) in [5.74, 6) is -0.542. The number of rotatable bonds is 8. The van der Waals surface area contributed by atoms with E-state index in [1.165, 1.54) is 19.2 Å². The molecule has 37 heavy (non-hydrogen) atoms. The first-order chi connectivity index (χ1) is 17.9. The summed E-state index contributed by atoms with van der Waals surface area (Å²) < 4.78 is 30.3. The third-order valence-corrected chi connectivity index (χ3v) is 5.79. The average molecular weight is 503 g/mol. The van der Waals surface area contributed by atoms with Crippen LogP contribution in [0.1, 0.15) is 29.3 Å². The van der Waals surface area contributed by atoms with Crippen molar-refractivity contribution in [2.24, 2.45) is 0 Å². The number of nitrogens with zero attached hydrogens (tertiary/aromatic N) is 2. The first-order valence-electron chi connectivity index (χ1n) is 11.8. The number of amides is 1. The molecule has 0 fully saturated rings. The molecule has 0 aliphatic heterocycles. The number of methoxy groups -OCH3 is 1. The summed E-state index contributed by atoms with van der Waals surface area (Å²) in [5.41, 5.74) is 4.41. The molecule has 0 aliphatic carbocycles. The van der Waals surface area contributed by atoms with Gasteiger partial charge in [0.05, 0.1) is 25.8 Å². The Bertz CT molecular complexity index is 1400. The molecule has 0 radical (unpaired) electrons. The fourth-order valence-corrected chi connectivity index (χ4v) is 4.05. The number of hydrogen-bond donors (Lipinski definition) is 0. The molecule has 1 heterocycles. The van der Waals surface area contributed by atoms with Gasteiger partial charge in [0.15, 0.2) is 5.76 Å². The number of carbonyl (C=O) groups is 2. The highest BCUT2D eigenvalue weighted by molar-refractivity contribution is 6.00. The molecule has 0 N–H and O–H groups in total. The normalized spacial score (nSPS) is 10.7. The lowest BCUT2D eigenvalue weighted by Gasteiger charge is -2.22. The van der Waals surface area contributed by atoms with Crippen LogP contribution in [0.5, 0.6) is 0 Å². The zero-order valence-corrected chi connectivity index (χ0v) is 20.9. The van der Waals surface area contributed by atoms with E-state index in [0.29, 0.717) is 29.1 Å². The summed E-state index contributed by atoms with van der Waals surface area (Å²) >= 11 is 0. The number of aryl methyl sites for hydroxylation is 1. The largest absolute Gasteiger partial charge is 0.469 e. The molecule has 4 rings (SSSR count). The monoisotopic (exact) mass is 502 g/mol. The number of anilines is 2. The van der Waals surface area contributed by atoms with Crippen molar-refractivity contribution >= 4 is 23.4 Å². The molecule has 0 saturated heterocycles. The number of carbonyl (C=O) groups excluding carboxylic acids is 2. The molecule has 7 nitrogen and oxygen atoms in total. The second kappa shape index (κ2) is 11.5. The lowest BCUT2D eigenvalue weighted by molar-refractivity contribution is -0.139. The second-order valence-electron chi connectivity index (χ2n) is 8.38. The molecule has 4 aromatic rings. The SMILES string of the molecule is CCOC(=O)N(c1ccccc1F)c1c(C)noc1-c1ccc(Cc2cccc(CC(=O)OC)c2)cc1. The number of esters is 1. The van der Waals surface area contributed by atoms with Crippen molar-refractivity contribution in [1.82, 2.24) is 5.16 Å². The van der Waals surface area contributed by atoms with Crippen LogP contribution in [0.25, 0.3) is 11.3 Å². The first-order valence-corrected chi connectivity index (χ1v) is 11.8. The van der Waals surface area contributed by atoms with Gasteiger partial charge in [-0.15, -0.1) is 0 Å². The van der Waals surface area contributed by atoms with E-state index in [9.17, 15) is 14.0 Å². The summed E-state index contributed by atoms with van der Waals surface area (Å²) in [7, 11) is 1.37. The third-order valence-electron chi connectivity index (χ3n) is 5.79. The minimum absolute atomic E-state index is 0.0388. The van der Waals surface area contributed by atoms with Crippen LogP contribution in [0, 0.1) is 12.7 Å². The summed E-state index contributed by atoms with van der Waals surface area (Å²) in [5, 5.41) is 4.06. The number of para-hydroxylation sites is 1. The fraction of sp³-hybridized carbons (Fsp3) is 0.207. The number of aromatic nitrogens is 1. The Morgan fingerprint density at radius 2 is 1.70 bits per heavy atom. The number of benzene rings is 3. The summed E-state index contributed by atoms with van der Waals surface area (Å²) in [4.78, 5) is 25.7. The Morgan fingerprint density at radius 1 is 0.973 bits per heavy atom. The smallest absolute Gasteiger partial charge is 0.419 e. The number of halogens is 1. The van der Waals surface area contributed by atoms with Crippen LogP contribution in [0.3, 0.4) is 0 Å². The van der Waals surface area contributed by atoms with Crippen LogP contribution in [0.2, 0.25) is 0 Å². The van der Waals surface area contributed by atoms with Gasteiger partial charge in [0.2, 0.25) is 0 Å². The van der Waals surface area contributed by atoms with Gasteiger partial charge in [0.1, 0.15) is 17.2 Å². The van der Waals surface area contributed by atoms with E-state index >= 15 is 0 Å². The van der Waals surface area contributed by atoms with Gasteiger partial charge in [-0.2, -0.15) is 0 Å². The van der Waals surface area contributed by atoms with E-state index in [1.54, 1.807) is 26.0 Å². The lowest BCUT2D eigenvalue weighted by atomic mass is 10.00. The molecule has 1 aromatic heterocycles. The van der Waals surface area contributed by atoms with Crippen molar-refractivity contribution in [1.29, 1.82) is 0 Å². The molecule has 0 spiro atoms. The van der Waals surface area contributed by atoms with Crippen molar-refractivity contribution in [2.45, 2.75) is 26.7 Å². The highest BCUT2D eigenvalue weighted by Crippen LogP contribution is 2.39. The number of hydrogen-bond acceptors (Lipinski definition) is 6. The predicted octanol–water partition coefficient (Wildman–Crippen LogP) is 6.39. The van der Waals surface area contributed by atoms with Gasteiger partial charge in [0, 0.05) is 5.56 Å². The predicted molar refractivity (Wildman–Crippen MR) is 137 cm³/mol. The Balaban J connectivity index is 1.64. The molecule has 3 aromatic carbocycles. The standard InChI is InChI=1S/C29H27FN2O5/c1-4-36-29(34)32(25-11-6-5-10-24(25)30)27-19(2)31-37-28(27)23-14-12-20(13-15-23)16-21-8-7-9-22(17-21)18-26(33)35-3/h5-15,17H,4,16,18H2,1-3H3. The maximum Gasteiger partial charge on any atom is 0.419 e. The van der Waals surface area contributed by atoms with Crippen LogP contribution in [0.15, 0.2) is 77.3 Å². The molecule has 0 bridgehead atoms. The van der Waals surface area contributed by atoms with E-state index in [1.807, 2.05) is 48.5 Å². The number of ether oxygens (including phenoxy) is 2. The van der Waals surface area contributed by atoms with Crippen LogP contribution in [-0.2, 0) is 27.1 Å². The van der Waals surface area contributed by atoms with Gasteiger partial charge in [-0.25, -0.2) is 14.1 Å². The van der Waals surface area contributed by atoms with E-state index in [0.717, 1.165) is 21.6 Å². The zero-order chi connectivity index (χ0) is 26.4. The van der Waals surface area contributed by atoms with Crippen molar-refractivity contribution in [3.05, 3.63) is 101 Å². The van der Waals surface area contributed by atoms with Crippen molar-refractivity contribution in [3.8, 4) is 11.3 Å². The van der Waals surface area contributed by atoms with Crippen LogP contribution >= 0.6 is 0 Å². The van der Waals surface area contributed by atoms with E-state index in [2.05, 4.69) is 5.16 Å². The Morgan fingerprint density at radius 3 is 2.41 bits per heavy atom.